The molecular weight excluding hydrogens is 218 g/mol. The molecule has 0 aliphatic carbocycles. The molecular formula is C13H23NO3. The number of amides is 1. The normalized spacial score (nSPS) is 21.7. The zero-order chi connectivity index (χ0) is 13.0. The first kappa shape index (κ1) is 14.0. The molecule has 0 radical (unpaired) electrons. The van der Waals surface area contributed by atoms with Crippen LogP contribution in [0.1, 0.15) is 40.0 Å². The van der Waals surface area contributed by atoms with Gasteiger partial charge in [0.1, 0.15) is 6.04 Å². The summed E-state index contributed by atoms with van der Waals surface area (Å²) in [6, 6.07) is -0.361. The smallest absolute Gasteiger partial charge is 0.328 e. The van der Waals surface area contributed by atoms with E-state index < -0.39 is 0 Å². The molecule has 1 amide bonds. The third kappa shape index (κ3) is 2.99. The van der Waals surface area contributed by atoms with Gasteiger partial charge in [0.05, 0.1) is 7.11 Å². The van der Waals surface area contributed by atoms with Crippen molar-refractivity contribution < 1.29 is 14.3 Å². The van der Waals surface area contributed by atoms with E-state index in [1.807, 2.05) is 6.92 Å². The topological polar surface area (TPSA) is 46.6 Å². The van der Waals surface area contributed by atoms with Crippen LogP contribution in [0.25, 0.3) is 0 Å². The third-order valence-corrected chi connectivity index (χ3v) is 3.57. The Hall–Kier alpha value is -1.06. The number of carbonyl (C=O) groups is 2. The fourth-order valence-corrected chi connectivity index (χ4v) is 2.56. The van der Waals surface area contributed by atoms with Gasteiger partial charge in [-0.15, -0.1) is 0 Å². The maximum atomic E-state index is 12.4. The van der Waals surface area contributed by atoms with E-state index in [1.165, 1.54) is 7.11 Å². The maximum absolute atomic E-state index is 12.4. The van der Waals surface area contributed by atoms with Crippen LogP contribution in [0.5, 0.6) is 0 Å². The third-order valence-electron chi connectivity index (χ3n) is 3.57. The lowest BCUT2D eigenvalue weighted by atomic mass is 9.91. The summed E-state index contributed by atoms with van der Waals surface area (Å²) >= 11 is 0. The summed E-state index contributed by atoms with van der Waals surface area (Å²) in [6.07, 6.45) is 2.44. The van der Waals surface area contributed by atoms with Gasteiger partial charge in [-0.05, 0) is 25.2 Å². The van der Waals surface area contributed by atoms with E-state index in [9.17, 15) is 9.59 Å². The van der Waals surface area contributed by atoms with Gasteiger partial charge in [0.25, 0.3) is 0 Å². The summed E-state index contributed by atoms with van der Waals surface area (Å²) in [7, 11) is 1.38. The van der Waals surface area contributed by atoms with Crippen LogP contribution in [0.2, 0.25) is 0 Å². The average molecular weight is 241 g/mol. The van der Waals surface area contributed by atoms with Crippen LogP contribution in [0.15, 0.2) is 0 Å². The zero-order valence-corrected chi connectivity index (χ0v) is 11.2. The summed E-state index contributed by atoms with van der Waals surface area (Å²) in [6.45, 7) is 6.80. The number of methoxy groups -OCH3 is 1. The van der Waals surface area contributed by atoms with Gasteiger partial charge in [-0.1, -0.05) is 20.8 Å². The summed E-state index contributed by atoms with van der Waals surface area (Å²) in [4.78, 5) is 25.7. The molecule has 0 bridgehead atoms. The van der Waals surface area contributed by atoms with Crippen molar-refractivity contribution in [3.8, 4) is 0 Å². The minimum Gasteiger partial charge on any atom is -0.467 e. The summed E-state index contributed by atoms with van der Waals surface area (Å²) in [5, 5.41) is 0. The molecule has 2 atom stereocenters. The van der Waals surface area contributed by atoms with Gasteiger partial charge in [0, 0.05) is 12.5 Å². The van der Waals surface area contributed by atoms with Gasteiger partial charge in [-0.2, -0.15) is 0 Å². The number of rotatable bonds is 4. The minimum absolute atomic E-state index is 0.0141. The standard InChI is InChI=1S/C13H23NO3/c1-5-10(9(2)3)12(15)14-8-6-7-11(14)13(16)17-4/h9-11H,5-8H2,1-4H3. The van der Waals surface area contributed by atoms with E-state index in [4.69, 9.17) is 4.74 Å². The molecule has 0 aromatic heterocycles. The van der Waals surface area contributed by atoms with Crippen LogP contribution < -0.4 is 0 Å². The van der Waals surface area contributed by atoms with Crippen molar-refractivity contribution in [2.45, 2.75) is 46.1 Å². The molecule has 1 aliphatic rings. The summed E-state index contributed by atoms with van der Waals surface area (Å²) in [5.74, 6) is 0.150. The Balaban J connectivity index is 2.76. The fourth-order valence-electron chi connectivity index (χ4n) is 2.56. The number of hydrogen-bond acceptors (Lipinski definition) is 3. The Morgan fingerprint density at radius 3 is 2.53 bits per heavy atom. The molecule has 0 aromatic rings. The van der Waals surface area contributed by atoms with Gasteiger partial charge in [-0.3, -0.25) is 4.79 Å². The quantitative estimate of drug-likeness (QED) is 0.705. The first-order chi connectivity index (χ1) is 8.02. The molecule has 4 nitrogen and oxygen atoms in total. The van der Waals surface area contributed by atoms with E-state index in [2.05, 4.69) is 13.8 Å². The molecule has 0 aromatic carbocycles. The van der Waals surface area contributed by atoms with Crippen LogP contribution in [-0.4, -0.2) is 36.5 Å². The van der Waals surface area contributed by atoms with Gasteiger partial charge >= 0.3 is 5.97 Å². The minimum atomic E-state index is -0.361. The van der Waals surface area contributed by atoms with E-state index in [0.29, 0.717) is 12.5 Å². The molecule has 4 heteroatoms. The Bertz CT molecular complexity index is 288. The second kappa shape index (κ2) is 6.03. The second-order valence-electron chi connectivity index (χ2n) is 4.97. The van der Waals surface area contributed by atoms with Crippen LogP contribution in [0.4, 0.5) is 0 Å². The maximum Gasteiger partial charge on any atom is 0.328 e. The van der Waals surface area contributed by atoms with Crippen LogP contribution in [0.3, 0.4) is 0 Å². The Labute approximate surface area is 103 Å². The lowest BCUT2D eigenvalue weighted by Gasteiger charge is -2.28. The largest absolute Gasteiger partial charge is 0.467 e. The lowest BCUT2D eigenvalue weighted by Crippen LogP contribution is -2.45. The number of esters is 1. The molecule has 0 saturated carbocycles. The van der Waals surface area contributed by atoms with Gasteiger partial charge in [0.15, 0.2) is 0 Å². The molecule has 2 unspecified atom stereocenters. The lowest BCUT2D eigenvalue weighted by molar-refractivity contribution is -0.153. The average Bonchev–Trinajstić information content (AvgIpc) is 2.77. The highest BCUT2D eigenvalue weighted by Crippen LogP contribution is 2.25. The molecule has 17 heavy (non-hydrogen) atoms. The van der Waals surface area contributed by atoms with E-state index in [1.54, 1.807) is 4.90 Å². The van der Waals surface area contributed by atoms with E-state index in [-0.39, 0.29) is 23.8 Å². The predicted molar refractivity (Wildman–Crippen MR) is 65.4 cm³/mol. The van der Waals surface area contributed by atoms with Crippen LogP contribution in [-0.2, 0) is 14.3 Å². The van der Waals surface area contributed by atoms with Gasteiger partial charge in [-0.25, -0.2) is 4.79 Å². The van der Waals surface area contributed by atoms with Crippen molar-refractivity contribution in [3.05, 3.63) is 0 Å². The SMILES string of the molecule is CCC(C(=O)N1CCCC1C(=O)OC)C(C)C. The van der Waals surface area contributed by atoms with Crippen molar-refractivity contribution in [3.63, 3.8) is 0 Å². The number of nitrogens with zero attached hydrogens (tertiary/aromatic N) is 1. The monoisotopic (exact) mass is 241 g/mol. The van der Waals surface area contributed by atoms with Crippen molar-refractivity contribution in [2.24, 2.45) is 11.8 Å². The molecule has 98 valence electrons. The number of carbonyl (C=O) groups excluding carboxylic acids is 2. The number of ether oxygens (including phenoxy) is 1. The highest BCUT2D eigenvalue weighted by atomic mass is 16.5. The first-order valence-electron chi connectivity index (χ1n) is 6.41. The molecule has 0 N–H and O–H groups in total. The highest BCUT2D eigenvalue weighted by Gasteiger charge is 2.37. The first-order valence-corrected chi connectivity index (χ1v) is 6.41. The number of hydrogen-bond donors (Lipinski definition) is 0. The van der Waals surface area contributed by atoms with Crippen molar-refractivity contribution in [1.29, 1.82) is 0 Å². The number of likely N-dealkylation sites (tertiary alicyclic amines) is 1. The van der Waals surface area contributed by atoms with Gasteiger partial charge < -0.3 is 9.64 Å². The zero-order valence-electron chi connectivity index (χ0n) is 11.2. The molecule has 1 saturated heterocycles. The van der Waals surface area contributed by atoms with Gasteiger partial charge in [0.2, 0.25) is 5.91 Å². The molecule has 0 spiro atoms. The second-order valence-corrected chi connectivity index (χ2v) is 4.97. The van der Waals surface area contributed by atoms with E-state index in [0.717, 1.165) is 19.3 Å². The molecule has 1 heterocycles. The van der Waals surface area contributed by atoms with Crippen molar-refractivity contribution in [1.82, 2.24) is 4.90 Å². The Morgan fingerprint density at radius 1 is 1.41 bits per heavy atom. The van der Waals surface area contributed by atoms with Crippen LogP contribution in [0, 0.1) is 11.8 Å². The summed E-state index contributed by atoms with van der Waals surface area (Å²) < 4.78 is 4.76. The van der Waals surface area contributed by atoms with Crippen molar-refractivity contribution >= 4 is 11.9 Å². The molecule has 1 fully saturated rings. The predicted octanol–water partition coefficient (Wildman–Crippen LogP) is 1.83. The molecule has 1 rings (SSSR count). The van der Waals surface area contributed by atoms with Crippen molar-refractivity contribution in [2.75, 3.05) is 13.7 Å². The molecule has 1 aliphatic heterocycles. The van der Waals surface area contributed by atoms with Crippen LogP contribution >= 0.6 is 0 Å². The van der Waals surface area contributed by atoms with E-state index >= 15 is 0 Å². The Morgan fingerprint density at radius 2 is 2.06 bits per heavy atom. The Kier molecular flexibility index (Phi) is 4.97. The summed E-state index contributed by atoms with van der Waals surface area (Å²) in [5.41, 5.74) is 0. The fraction of sp³-hybridized carbons (Fsp3) is 0.846. The highest BCUT2D eigenvalue weighted by molar-refractivity contribution is 5.86.